The number of nitrogens with two attached hydrogens (primary N) is 1. The summed E-state index contributed by atoms with van der Waals surface area (Å²) in [4.78, 5) is 6.95. The van der Waals surface area contributed by atoms with Crippen molar-refractivity contribution in [3.05, 3.63) is 18.3 Å². The highest BCUT2D eigenvalue weighted by Crippen LogP contribution is 2.31. The molecule has 1 saturated carbocycles. The molecule has 1 fully saturated rings. The monoisotopic (exact) mass is 263 g/mol. The predicted octanol–water partition coefficient (Wildman–Crippen LogP) is 2.58. The molecule has 1 aliphatic rings. The highest BCUT2D eigenvalue weighted by atomic mass is 16.5. The first-order valence-electron chi connectivity index (χ1n) is 7.32. The van der Waals surface area contributed by atoms with E-state index in [0.29, 0.717) is 6.04 Å². The Labute approximate surface area is 116 Å². The Balaban J connectivity index is 2.19. The second-order valence-electron chi connectivity index (χ2n) is 5.16. The van der Waals surface area contributed by atoms with Crippen LogP contribution in [0.5, 0.6) is 5.75 Å². The molecule has 1 heterocycles. The first kappa shape index (κ1) is 14.1. The topological polar surface area (TPSA) is 51.4 Å². The third-order valence-electron chi connectivity index (χ3n) is 3.86. The summed E-state index contributed by atoms with van der Waals surface area (Å²) in [5.74, 6) is 1.84. The molecule has 19 heavy (non-hydrogen) atoms. The standard InChI is InChI=1S/C15H25N3O/c1-19-14-9-5-11-17-15(14)18(12-6-10-16)13-7-3-2-4-8-13/h5,9,11,13H,2-4,6-8,10,12,16H2,1H3. The molecule has 1 aromatic rings. The molecule has 0 aromatic carbocycles. The molecule has 2 N–H and O–H groups in total. The average Bonchev–Trinajstić information content (AvgIpc) is 2.49. The molecule has 0 spiro atoms. The van der Waals surface area contributed by atoms with Gasteiger partial charge in [-0.25, -0.2) is 4.98 Å². The number of aromatic nitrogens is 1. The molecule has 0 radical (unpaired) electrons. The zero-order valence-corrected chi connectivity index (χ0v) is 11.8. The van der Waals surface area contributed by atoms with Crippen molar-refractivity contribution in [3.8, 4) is 5.75 Å². The summed E-state index contributed by atoms with van der Waals surface area (Å²) in [6.07, 6.45) is 9.35. The summed E-state index contributed by atoms with van der Waals surface area (Å²) < 4.78 is 5.46. The van der Waals surface area contributed by atoms with Gasteiger partial charge in [0.2, 0.25) is 0 Å². The second kappa shape index (κ2) is 7.34. The summed E-state index contributed by atoms with van der Waals surface area (Å²) in [6, 6.07) is 4.49. The van der Waals surface area contributed by atoms with Crippen LogP contribution < -0.4 is 15.4 Å². The average molecular weight is 263 g/mol. The summed E-state index contributed by atoms with van der Waals surface area (Å²) in [6.45, 7) is 1.69. The molecule has 0 amide bonds. The SMILES string of the molecule is COc1cccnc1N(CCCN)C1CCCCC1. The predicted molar refractivity (Wildman–Crippen MR) is 78.7 cm³/mol. The Hall–Kier alpha value is -1.29. The molecule has 1 aromatic heterocycles. The van der Waals surface area contributed by atoms with Crippen molar-refractivity contribution in [2.75, 3.05) is 25.1 Å². The second-order valence-corrected chi connectivity index (χ2v) is 5.16. The quantitative estimate of drug-likeness (QED) is 0.857. The molecular formula is C15H25N3O. The molecule has 106 valence electrons. The van der Waals surface area contributed by atoms with E-state index in [2.05, 4.69) is 9.88 Å². The van der Waals surface area contributed by atoms with Gasteiger partial charge >= 0.3 is 0 Å². The van der Waals surface area contributed by atoms with Gasteiger partial charge < -0.3 is 15.4 Å². The van der Waals surface area contributed by atoms with Crippen LogP contribution in [0.1, 0.15) is 38.5 Å². The number of pyridine rings is 1. The van der Waals surface area contributed by atoms with E-state index in [4.69, 9.17) is 10.5 Å². The van der Waals surface area contributed by atoms with Gasteiger partial charge in [0.25, 0.3) is 0 Å². The Morgan fingerprint density at radius 3 is 2.84 bits per heavy atom. The van der Waals surface area contributed by atoms with Gasteiger partial charge in [0.05, 0.1) is 7.11 Å². The van der Waals surface area contributed by atoms with Crippen molar-refractivity contribution in [3.63, 3.8) is 0 Å². The third-order valence-corrected chi connectivity index (χ3v) is 3.86. The zero-order chi connectivity index (χ0) is 13.5. The summed E-state index contributed by atoms with van der Waals surface area (Å²) in [5, 5.41) is 0. The molecule has 4 nitrogen and oxygen atoms in total. The normalized spacial score (nSPS) is 16.3. The van der Waals surface area contributed by atoms with Crippen molar-refractivity contribution in [1.82, 2.24) is 4.98 Å². The molecule has 0 unspecified atom stereocenters. The van der Waals surface area contributed by atoms with Gasteiger partial charge in [0.1, 0.15) is 0 Å². The largest absolute Gasteiger partial charge is 0.493 e. The maximum Gasteiger partial charge on any atom is 0.171 e. The van der Waals surface area contributed by atoms with E-state index in [0.717, 1.165) is 31.1 Å². The van der Waals surface area contributed by atoms with Gasteiger partial charge in [-0.2, -0.15) is 0 Å². The Bertz CT molecular complexity index is 377. The van der Waals surface area contributed by atoms with E-state index >= 15 is 0 Å². The van der Waals surface area contributed by atoms with E-state index in [-0.39, 0.29) is 0 Å². The highest BCUT2D eigenvalue weighted by Gasteiger charge is 2.24. The number of anilines is 1. The maximum atomic E-state index is 5.68. The van der Waals surface area contributed by atoms with Gasteiger partial charge in [0.15, 0.2) is 11.6 Å². The van der Waals surface area contributed by atoms with Crippen LogP contribution in [0.4, 0.5) is 5.82 Å². The molecule has 4 heteroatoms. The Morgan fingerprint density at radius 2 is 2.16 bits per heavy atom. The Kier molecular flexibility index (Phi) is 5.45. The fourth-order valence-electron chi connectivity index (χ4n) is 2.87. The minimum Gasteiger partial charge on any atom is -0.493 e. The lowest BCUT2D eigenvalue weighted by atomic mass is 9.94. The zero-order valence-electron chi connectivity index (χ0n) is 11.8. The number of ether oxygens (including phenoxy) is 1. The van der Waals surface area contributed by atoms with Crippen molar-refractivity contribution in [1.29, 1.82) is 0 Å². The molecule has 0 bridgehead atoms. The maximum absolute atomic E-state index is 5.68. The van der Waals surface area contributed by atoms with Crippen molar-refractivity contribution in [2.24, 2.45) is 5.73 Å². The lowest BCUT2D eigenvalue weighted by Crippen LogP contribution is -2.39. The third kappa shape index (κ3) is 3.60. The van der Waals surface area contributed by atoms with Gasteiger partial charge in [-0.1, -0.05) is 19.3 Å². The first-order valence-corrected chi connectivity index (χ1v) is 7.32. The molecule has 0 aliphatic heterocycles. The molecule has 1 aliphatic carbocycles. The van der Waals surface area contributed by atoms with Crippen LogP contribution in [-0.4, -0.2) is 31.2 Å². The van der Waals surface area contributed by atoms with E-state index in [1.165, 1.54) is 32.1 Å². The van der Waals surface area contributed by atoms with Crippen LogP contribution in [0.3, 0.4) is 0 Å². The van der Waals surface area contributed by atoms with Crippen LogP contribution in [0.25, 0.3) is 0 Å². The lowest BCUT2D eigenvalue weighted by Gasteiger charge is -2.35. The van der Waals surface area contributed by atoms with Crippen molar-refractivity contribution in [2.45, 2.75) is 44.6 Å². The number of hydrogen-bond acceptors (Lipinski definition) is 4. The summed E-state index contributed by atoms with van der Waals surface area (Å²) >= 11 is 0. The fraction of sp³-hybridized carbons (Fsp3) is 0.667. The van der Waals surface area contributed by atoms with Crippen molar-refractivity contribution >= 4 is 5.82 Å². The number of rotatable bonds is 6. The van der Waals surface area contributed by atoms with Crippen LogP contribution in [0.2, 0.25) is 0 Å². The van der Waals surface area contributed by atoms with Crippen LogP contribution in [0.15, 0.2) is 18.3 Å². The van der Waals surface area contributed by atoms with E-state index in [1.54, 1.807) is 7.11 Å². The van der Waals surface area contributed by atoms with Crippen LogP contribution >= 0.6 is 0 Å². The number of methoxy groups -OCH3 is 1. The first-order chi connectivity index (χ1) is 9.36. The minimum absolute atomic E-state index is 0.587. The van der Waals surface area contributed by atoms with Gasteiger partial charge in [-0.15, -0.1) is 0 Å². The van der Waals surface area contributed by atoms with E-state index < -0.39 is 0 Å². The van der Waals surface area contributed by atoms with Crippen LogP contribution in [0, 0.1) is 0 Å². The van der Waals surface area contributed by atoms with Gasteiger partial charge in [-0.3, -0.25) is 0 Å². The smallest absolute Gasteiger partial charge is 0.171 e. The van der Waals surface area contributed by atoms with E-state index in [1.807, 2.05) is 18.3 Å². The minimum atomic E-state index is 0.587. The number of hydrogen-bond donors (Lipinski definition) is 1. The summed E-state index contributed by atoms with van der Waals surface area (Å²) in [7, 11) is 1.71. The van der Waals surface area contributed by atoms with Crippen molar-refractivity contribution < 1.29 is 4.74 Å². The fourth-order valence-corrected chi connectivity index (χ4v) is 2.87. The Morgan fingerprint density at radius 1 is 1.37 bits per heavy atom. The highest BCUT2D eigenvalue weighted by molar-refractivity contribution is 5.52. The lowest BCUT2D eigenvalue weighted by molar-refractivity contribution is 0.390. The molecule has 0 saturated heterocycles. The van der Waals surface area contributed by atoms with Crippen LogP contribution in [-0.2, 0) is 0 Å². The molecule has 0 atom stereocenters. The molecule has 2 rings (SSSR count). The van der Waals surface area contributed by atoms with Gasteiger partial charge in [0, 0.05) is 18.8 Å². The summed E-state index contributed by atoms with van der Waals surface area (Å²) in [5.41, 5.74) is 5.68. The van der Waals surface area contributed by atoms with E-state index in [9.17, 15) is 0 Å². The van der Waals surface area contributed by atoms with Gasteiger partial charge in [-0.05, 0) is 37.9 Å². The molecular weight excluding hydrogens is 238 g/mol. The number of nitrogens with zero attached hydrogens (tertiary/aromatic N) is 2.